The Kier molecular flexibility index (Phi) is 6.60. The second-order valence-electron chi connectivity index (χ2n) is 4.66. The van der Waals surface area contributed by atoms with Crippen molar-refractivity contribution in [3.05, 3.63) is 63.1 Å². The van der Waals surface area contributed by atoms with E-state index in [2.05, 4.69) is 0 Å². The highest BCUT2D eigenvalue weighted by atomic mass is 35.5. The van der Waals surface area contributed by atoms with Crippen LogP contribution < -0.4 is 0 Å². The molecule has 22 heavy (non-hydrogen) atoms. The predicted octanol–water partition coefficient (Wildman–Crippen LogP) is 5.10. The van der Waals surface area contributed by atoms with Crippen molar-refractivity contribution < 1.29 is 14.7 Å². The van der Waals surface area contributed by atoms with Crippen molar-refractivity contribution >= 4 is 34.8 Å². The Bertz CT molecular complexity index is 648. The Morgan fingerprint density at radius 1 is 0.864 bits per heavy atom. The van der Waals surface area contributed by atoms with E-state index < -0.39 is 0 Å². The first-order valence-electron chi connectivity index (χ1n) is 6.50. The summed E-state index contributed by atoms with van der Waals surface area (Å²) in [6.07, 6.45) is 0. The quantitative estimate of drug-likeness (QED) is 0.775. The van der Waals surface area contributed by atoms with Crippen LogP contribution in [0.15, 0.2) is 36.4 Å². The van der Waals surface area contributed by atoms with Gasteiger partial charge in [0.1, 0.15) is 5.75 Å². The number of Topliss-reactive ketones (excluding diaryl/α,β-unsaturated/α-hetero) is 2. The first kappa shape index (κ1) is 18.2. The van der Waals surface area contributed by atoms with Gasteiger partial charge in [-0.2, -0.15) is 0 Å². The van der Waals surface area contributed by atoms with Crippen LogP contribution in [-0.4, -0.2) is 16.7 Å². The van der Waals surface area contributed by atoms with Crippen LogP contribution in [0, 0.1) is 6.92 Å². The Morgan fingerprint density at radius 2 is 1.32 bits per heavy atom. The molecule has 2 aromatic carbocycles. The van der Waals surface area contributed by atoms with Gasteiger partial charge in [0, 0.05) is 10.6 Å². The summed E-state index contributed by atoms with van der Waals surface area (Å²) in [6.45, 7) is 4.77. The summed E-state index contributed by atoms with van der Waals surface area (Å²) in [5.74, 6) is -0.267. The molecule has 1 N–H and O–H groups in total. The minimum atomic E-state index is -0.190. The summed E-state index contributed by atoms with van der Waals surface area (Å²) in [5, 5.41) is 10.1. The number of hydrogen-bond donors (Lipinski definition) is 1. The zero-order valence-corrected chi connectivity index (χ0v) is 14.0. The lowest BCUT2D eigenvalue weighted by atomic mass is 10.1. The molecule has 0 aromatic heterocycles. The Balaban J connectivity index is 0.000000220. The number of carbonyl (C=O) groups is 2. The average Bonchev–Trinajstić information content (AvgIpc) is 2.45. The number of para-hydroxylation sites is 1. The number of phenols is 1. The number of halogens is 2. The van der Waals surface area contributed by atoms with Gasteiger partial charge < -0.3 is 5.11 Å². The number of aromatic hydroxyl groups is 1. The third-order valence-corrected chi connectivity index (χ3v) is 3.73. The van der Waals surface area contributed by atoms with Gasteiger partial charge in [0.05, 0.1) is 10.6 Å². The largest absolute Gasteiger partial charge is 0.506 e. The first-order chi connectivity index (χ1) is 10.3. The van der Waals surface area contributed by atoms with E-state index in [4.69, 9.17) is 23.2 Å². The molecule has 0 spiro atoms. The molecule has 0 saturated heterocycles. The van der Waals surface area contributed by atoms with Crippen LogP contribution in [0.3, 0.4) is 0 Å². The molecule has 5 heteroatoms. The maximum Gasteiger partial charge on any atom is 0.163 e. The number of hydrogen-bond acceptors (Lipinski definition) is 3. The maximum atomic E-state index is 11.0. The Labute approximate surface area is 139 Å². The molecule has 116 valence electrons. The molecule has 0 aliphatic heterocycles. The van der Waals surface area contributed by atoms with Crippen molar-refractivity contribution in [1.29, 1.82) is 0 Å². The fourth-order valence-electron chi connectivity index (χ4n) is 1.79. The molecule has 0 bridgehead atoms. The molecule has 0 fully saturated rings. The van der Waals surface area contributed by atoms with Crippen LogP contribution >= 0.6 is 23.2 Å². The zero-order valence-electron chi connectivity index (χ0n) is 12.5. The highest BCUT2D eigenvalue weighted by molar-refractivity contribution is 6.32. The average molecular weight is 339 g/mol. The van der Waals surface area contributed by atoms with Gasteiger partial charge in [-0.25, -0.2) is 0 Å². The summed E-state index contributed by atoms with van der Waals surface area (Å²) in [4.78, 5) is 21.8. The van der Waals surface area contributed by atoms with Crippen molar-refractivity contribution in [2.24, 2.45) is 0 Å². The predicted molar refractivity (Wildman–Crippen MR) is 89.3 cm³/mol. The molecular weight excluding hydrogens is 323 g/mol. The lowest BCUT2D eigenvalue weighted by Crippen LogP contribution is -1.95. The van der Waals surface area contributed by atoms with Gasteiger partial charge in [0.25, 0.3) is 0 Å². The molecule has 0 saturated carbocycles. The summed E-state index contributed by atoms with van der Waals surface area (Å²) in [5.41, 5.74) is 1.83. The molecule has 3 nitrogen and oxygen atoms in total. The monoisotopic (exact) mass is 338 g/mol. The van der Waals surface area contributed by atoms with Gasteiger partial charge in [0.2, 0.25) is 0 Å². The number of phenolic OH excluding ortho intramolecular Hbond substituents is 1. The van der Waals surface area contributed by atoms with Crippen LogP contribution in [0.4, 0.5) is 0 Å². The molecule has 0 unspecified atom stereocenters. The molecule has 2 aromatic rings. The van der Waals surface area contributed by atoms with E-state index in [9.17, 15) is 14.7 Å². The van der Waals surface area contributed by atoms with E-state index in [0.29, 0.717) is 10.6 Å². The molecule has 2 rings (SSSR count). The van der Waals surface area contributed by atoms with Crippen LogP contribution in [0.25, 0.3) is 0 Å². The Hall–Kier alpha value is -1.84. The number of carbonyl (C=O) groups excluding carboxylic acids is 2. The SMILES string of the molecule is CC(=O)c1cccc(Cl)c1C.CC(=O)c1cccc(Cl)c1O. The van der Waals surface area contributed by atoms with Gasteiger partial charge in [-0.1, -0.05) is 41.4 Å². The fourth-order valence-corrected chi connectivity index (χ4v) is 2.14. The van der Waals surface area contributed by atoms with E-state index in [0.717, 1.165) is 5.56 Å². The normalized spacial score (nSPS) is 9.68. The molecule has 0 heterocycles. The minimum Gasteiger partial charge on any atom is -0.506 e. The maximum absolute atomic E-state index is 11.0. The standard InChI is InChI=1S/C9H9ClO.C8H7ClO2/c1-6-8(7(2)11)4-3-5-9(6)10;1-5(10)6-3-2-4-7(9)8(6)11/h3-5H,1-2H3;2-4,11H,1H3. The van der Waals surface area contributed by atoms with Gasteiger partial charge in [-0.05, 0) is 44.5 Å². The highest BCUT2D eigenvalue weighted by Crippen LogP contribution is 2.26. The minimum absolute atomic E-state index is 0.0602. The van der Waals surface area contributed by atoms with Crippen LogP contribution in [0.1, 0.15) is 40.1 Å². The third kappa shape index (κ3) is 4.58. The number of ketones is 2. The second kappa shape index (κ2) is 7.97. The summed E-state index contributed by atoms with van der Waals surface area (Å²) < 4.78 is 0. The molecule has 0 amide bonds. The first-order valence-corrected chi connectivity index (χ1v) is 7.25. The van der Waals surface area contributed by atoms with Crippen LogP contribution in [0.2, 0.25) is 10.0 Å². The highest BCUT2D eigenvalue weighted by Gasteiger charge is 2.07. The fraction of sp³-hybridized carbons (Fsp3) is 0.176. The van der Waals surface area contributed by atoms with Crippen LogP contribution in [-0.2, 0) is 0 Å². The van der Waals surface area contributed by atoms with Crippen molar-refractivity contribution in [3.63, 3.8) is 0 Å². The molecular formula is C17H16Cl2O3. The molecule has 0 radical (unpaired) electrons. The Morgan fingerprint density at radius 3 is 1.73 bits per heavy atom. The summed E-state index contributed by atoms with van der Waals surface area (Å²) >= 11 is 11.4. The molecule has 0 atom stereocenters. The second-order valence-corrected chi connectivity index (χ2v) is 5.48. The van der Waals surface area contributed by atoms with Crippen LogP contribution in [0.5, 0.6) is 5.75 Å². The number of rotatable bonds is 2. The van der Waals surface area contributed by atoms with E-state index >= 15 is 0 Å². The lowest BCUT2D eigenvalue weighted by Gasteiger charge is -2.01. The van der Waals surface area contributed by atoms with Crippen molar-refractivity contribution in [1.82, 2.24) is 0 Å². The van der Waals surface area contributed by atoms with E-state index in [-0.39, 0.29) is 27.9 Å². The zero-order chi connectivity index (χ0) is 16.9. The van der Waals surface area contributed by atoms with E-state index in [1.165, 1.54) is 19.1 Å². The van der Waals surface area contributed by atoms with Gasteiger partial charge in [-0.3, -0.25) is 9.59 Å². The van der Waals surface area contributed by atoms with E-state index in [1.54, 1.807) is 31.2 Å². The topological polar surface area (TPSA) is 54.4 Å². The van der Waals surface area contributed by atoms with E-state index in [1.807, 2.05) is 6.92 Å². The van der Waals surface area contributed by atoms with Crippen molar-refractivity contribution in [3.8, 4) is 5.75 Å². The summed E-state index contributed by atoms with van der Waals surface area (Å²) in [7, 11) is 0. The van der Waals surface area contributed by atoms with Gasteiger partial charge >= 0.3 is 0 Å². The molecule has 0 aliphatic rings. The van der Waals surface area contributed by atoms with Gasteiger partial charge in [0.15, 0.2) is 11.6 Å². The smallest absolute Gasteiger partial charge is 0.163 e. The lowest BCUT2D eigenvalue weighted by molar-refractivity contribution is 0.100. The van der Waals surface area contributed by atoms with Gasteiger partial charge in [-0.15, -0.1) is 0 Å². The number of benzene rings is 2. The third-order valence-electron chi connectivity index (χ3n) is 3.01. The molecule has 0 aliphatic carbocycles. The van der Waals surface area contributed by atoms with Crippen molar-refractivity contribution in [2.45, 2.75) is 20.8 Å². The van der Waals surface area contributed by atoms with Crippen molar-refractivity contribution in [2.75, 3.05) is 0 Å². The summed E-state index contributed by atoms with van der Waals surface area (Å²) in [6, 6.07) is 10.0.